The van der Waals surface area contributed by atoms with Crippen molar-refractivity contribution in [3.05, 3.63) is 59.7 Å². The lowest BCUT2D eigenvalue weighted by Gasteiger charge is -2.31. The minimum atomic E-state index is -1.03. The number of aliphatic hydroxyl groups excluding tert-OH is 1. The number of nitrogens with one attached hydrogen (secondary N) is 1. The number of rotatable bonds is 1. The first kappa shape index (κ1) is 22.6. The number of aliphatic hydroxyl groups is 1. The van der Waals surface area contributed by atoms with Gasteiger partial charge in [-0.25, -0.2) is 4.79 Å². The minimum absolute atomic E-state index is 0.149. The molecular formula is C29H24N4O6. The normalized spacial score (nSPS) is 21.1. The van der Waals surface area contributed by atoms with Crippen molar-refractivity contribution in [2.24, 2.45) is 0 Å². The standard InChI is InChI=1S/C29H24N4O6/c34-19-13-32-17-7-3-1-5-15(17)21-23-24(28(36)30-27(23)35)22-16-6-2-4-8-18(16)33(26(22)25(21)32)14-20(19)39-29(37)31-9-11-38-12-10-31/h1-8,19-20,34H,9-14H2,(H,30,35,36). The average molecular weight is 525 g/mol. The SMILES string of the molecule is O=C1NC(=O)c2c1c1c3ccccc3n3c1c1c2c2ccccc2n1CC(OC(=O)N1CCOCC1)C(O)C3. The lowest BCUT2D eigenvalue weighted by molar-refractivity contribution is -0.0369. The summed E-state index contributed by atoms with van der Waals surface area (Å²) in [6, 6.07) is 15.4. The molecule has 1 fully saturated rings. The van der Waals surface area contributed by atoms with Gasteiger partial charge >= 0.3 is 6.09 Å². The van der Waals surface area contributed by atoms with Crippen LogP contribution in [-0.4, -0.2) is 75.6 Å². The van der Waals surface area contributed by atoms with Crippen molar-refractivity contribution < 1.29 is 29.0 Å². The van der Waals surface area contributed by atoms with Crippen LogP contribution in [0.5, 0.6) is 0 Å². The molecule has 10 heteroatoms. The third kappa shape index (κ3) is 3.01. The van der Waals surface area contributed by atoms with Crippen LogP contribution in [0.4, 0.5) is 4.79 Å². The van der Waals surface area contributed by atoms with Gasteiger partial charge in [-0.05, 0) is 12.1 Å². The van der Waals surface area contributed by atoms with E-state index in [0.29, 0.717) is 48.2 Å². The van der Waals surface area contributed by atoms with Crippen LogP contribution in [0.1, 0.15) is 20.7 Å². The van der Waals surface area contributed by atoms with E-state index in [1.807, 2.05) is 57.7 Å². The maximum Gasteiger partial charge on any atom is 0.410 e. The van der Waals surface area contributed by atoms with Crippen molar-refractivity contribution in [3.8, 4) is 0 Å². The number of carbonyl (C=O) groups excluding carboxylic acids is 3. The number of benzene rings is 3. The molecule has 1 saturated heterocycles. The highest BCUT2D eigenvalue weighted by Crippen LogP contribution is 2.45. The molecule has 196 valence electrons. The highest BCUT2D eigenvalue weighted by atomic mass is 16.6. The van der Waals surface area contributed by atoms with Crippen LogP contribution < -0.4 is 5.32 Å². The van der Waals surface area contributed by atoms with Crippen molar-refractivity contribution in [1.82, 2.24) is 19.4 Å². The summed E-state index contributed by atoms with van der Waals surface area (Å²) in [5.74, 6) is -0.842. The molecule has 3 aliphatic rings. The summed E-state index contributed by atoms with van der Waals surface area (Å²) >= 11 is 0. The number of amides is 3. The number of fused-ring (bicyclic) bond motifs is 9. The average Bonchev–Trinajstić information content (AvgIpc) is 3.55. The molecule has 2 unspecified atom stereocenters. The van der Waals surface area contributed by atoms with Gasteiger partial charge in [-0.15, -0.1) is 0 Å². The number of carbonyl (C=O) groups is 3. The van der Waals surface area contributed by atoms with Gasteiger partial charge in [-0.1, -0.05) is 36.4 Å². The zero-order valence-electron chi connectivity index (χ0n) is 20.8. The van der Waals surface area contributed by atoms with Crippen LogP contribution in [0.2, 0.25) is 0 Å². The zero-order valence-corrected chi connectivity index (χ0v) is 20.8. The van der Waals surface area contributed by atoms with E-state index >= 15 is 0 Å². The van der Waals surface area contributed by atoms with Crippen LogP contribution in [0.25, 0.3) is 43.6 Å². The molecule has 39 heavy (non-hydrogen) atoms. The topological polar surface area (TPSA) is 115 Å². The maximum absolute atomic E-state index is 13.3. The lowest BCUT2D eigenvalue weighted by atomic mass is 9.96. The first-order chi connectivity index (χ1) is 19.0. The highest BCUT2D eigenvalue weighted by Gasteiger charge is 2.39. The fraction of sp³-hybridized carbons (Fsp3) is 0.276. The van der Waals surface area contributed by atoms with Crippen molar-refractivity contribution in [2.75, 3.05) is 26.3 Å². The van der Waals surface area contributed by atoms with Gasteiger partial charge in [0, 0.05) is 45.7 Å². The van der Waals surface area contributed by atoms with Gasteiger partial charge in [0.05, 0.1) is 48.5 Å². The fourth-order valence-electron chi connectivity index (χ4n) is 6.59. The van der Waals surface area contributed by atoms with Gasteiger partial charge < -0.3 is 28.6 Å². The molecule has 0 bridgehead atoms. The molecule has 5 aromatic rings. The first-order valence-corrected chi connectivity index (χ1v) is 13.1. The predicted octanol–water partition coefficient (Wildman–Crippen LogP) is 3.00. The van der Waals surface area contributed by atoms with Crippen molar-refractivity contribution in [1.29, 1.82) is 0 Å². The number of aromatic nitrogens is 2. The van der Waals surface area contributed by atoms with Gasteiger partial charge in [-0.2, -0.15) is 0 Å². The van der Waals surface area contributed by atoms with Crippen LogP contribution >= 0.6 is 0 Å². The number of hydrogen-bond donors (Lipinski definition) is 2. The summed E-state index contributed by atoms with van der Waals surface area (Å²) in [5, 5.41) is 17.1. The van der Waals surface area contributed by atoms with Gasteiger partial charge in [0.1, 0.15) is 12.2 Å². The number of nitrogens with zero attached hydrogens (tertiary/aromatic N) is 3. The second-order valence-corrected chi connectivity index (χ2v) is 10.3. The molecule has 2 aromatic heterocycles. The van der Waals surface area contributed by atoms with E-state index in [4.69, 9.17) is 9.47 Å². The number of imide groups is 1. The number of para-hydroxylation sites is 2. The Morgan fingerprint density at radius 2 is 1.38 bits per heavy atom. The smallest absolute Gasteiger partial charge is 0.410 e. The quantitative estimate of drug-likeness (QED) is 0.326. The number of ether oxygens (including phenoxy) is 2. The summed E-state index contributed by atoms with van der Waals surface area (Å²) in [6.07, 6.45) is -2.37. The summed E-state index contributed by atoms with van der Waals surface area (Å²) in [4.78, 5) is 41.2. The number of morpholine rings is 1. The van der Waals surface area contributed by atoms with Gasteiger partial charge in [-0.3, -0.25) is 14.9 Å². The molecule has 2 atom stereocenters. The Kier molecular flexibility index (Phi) is 4.65. The highest BCUT2D eigenvalue weighted by molar-refractivity contribution is 6.39. The Labute approximate surface area is 221 Å². The Morgan fingerprint density at radius 3 is 1.97 bits per heavy atom. The van der Waals surface area contributed by atoms with E-state index in [0.717, 1.165) is 32.8 Å². The molecule has 0 radical (unpaired) electrons. The Hall–Kier alpha value is -4.41. The molecule has 2 N–H and O–H groups in total. The summed E-state index contributed by atoms with van der Waals surface area (Å²) in [6.45, 7) is 2.08. The van der Waals surface area contributed by atoms with Gasteiger partial charge in [0.25, 0.3) is 11.8 Å². The van der Waals surface area contributed by atoms with Crippen LogP contribution in [-0.2, 0) is 22.6 Å². The summed E-state index contributed by atoms with van der Waals surface area (Å²) in [5.41, 5.74) is 3.94. The molecule has 5 heterocycles. The van der Waals surface area contributed by atoms with E-state index < -0.39 is 30.1 Å². The molecule has 3 aromatic carbocycles. The van der Waals surface area contributed by atoms with E-state index in [2.05, 4.69) is 5.32 Å². The predicted molar refractivity (Wildman–Crippen MR) is 143 cm³/mol. The molecule has 0 aliphatic carbocycles. The Morgan fingerprint density at radius 1 is 0.846 bits per heavy atom. The molecule has 0 spiro atoms. The zero-order chi connectivity index (χ0) is 26.4. The first-order valence-electron chi connectivity index (χ1n) is 13.1. The number of hydrogen-bond acceptors (Lipinski definition) is 6. The lowest BCUT2D eigenvalue weighted by Crippen LogP contribution is -2.46. The monoisotopic (exact) mass is 524 g/mol. The third-order valence-corrected chi connectivity index (χ3v) is 8.28. The molecular weight excluding hydrogens is 500 g/mol. The van der Waals surface area contributed by atoms with E-state index in [1.165, 1.54) is 0 Å². The minimum Gasteiger partial charge on any atom is -0.441 e. The second-order valence-electron chi connectivity index (χ2n) is 10.3. The third-order valence-electron chi connectivity index (χ3n) is 8.28. The van der Waals surface area contributed by atoms with Gasteiger partial charge in [0.2, 0.25) is 0 Å². The van der Waals surface area contributed by atoms with Crippen molar-refractivity contribution in [2.45, 2.75) is 25.3 Å². The molecule has 3 amide bonds. The Bertz CT molecular complexity index is 1900. The van der Waals surface area contributed by atoms with E-state index in [9.17, 15) is 19.5 Å². The fourth-order valence-corrected chi connectivity index (χ4v) is 6.59. The molecule has 0 saturated carbocycles. The van der Waals surface area contributed by atoms with Gasteiger partial charge in [0.15, 0.2) is 0 Å². The summed E-state index contributed by atoms with van der Waals surface area (Å²) < 4.78 is 15.4. The Balaban J connectivity index is 1.46. The van der Waals surface area contributed by atoms with Crippen LogP contribution in [0.3, 0.4) is 0 Å². The molecule has 8 rings (SSSR count). The van der Waals surface area contributed by atoms with E-state index in [-0.39, 0.29) is 13.1 Å². The van der Waals surface area contributed by atoms with Crippen LogP contribution in [0, 0.1) is 0 Å². The van der Waals surface area contributed by atoms with Crippen molar-refractivity contribution in [3.63, 3.8) is 0 Å². The van der Waals surface area contributed by atoms with E-state index in [1.54, 1.807) is 4.90 Å². The maximum atomic E-state index is 13.3. The summed E-state index contributed by atoms with van der Waals surface area (Å²) in [7, 11) is 0. The van der Waals surface area contributed by atoms with Crippen molar-refractivity contribution >= 4 is 61.5 Å². The second kappa shape index (κ2) is 8.05. The largest absolute Gasteiger partial charge is 0.441 e. The van der Waals surface area contributed by atoms with Crippen LogP contribution in [0.15, 0.2) is 48.5 Å². The molecule has 10 nitrogen and oxygen atoms in total. The molecule has 3 aliphatic heterocycles.